The molecule has 1 amide bonds. The number of rotatable bonds is 5. The first-order chi connectivity index (χ1) is 11.5. The number of anilines is 1. The second-order valence-corrected chi connectivity index (χ2v) is 7.63. The molecule has 0 saturated heterocycles. The number of carbonyl (C=O) groups excluding carboxylic acids is 2. The van der Waals surface area contributed by atoms with Crippen LogP contribution < -0.4 is 5.32 Å². The zero-order chi connectivity index (χ0) is 17.2. The number of nitrogens with zero attached hydrogens (tertiary/aromatic N) is 2. The Morgan fingerprint density at radius 2 is 2.29 bits per heavy atom. The van der Waals surface area contributed by atoms with Gasteiger partial charge in [-0.05, 0) is 18.6 Å². The average Bonchev–Trinajstić information content (AvgIpc) is 3.00. The summed E-state index contributed by atoms with van der Waals surface area (Å²) in [6.07, 6.45) is 2.09. The summed E-state index contributed by atoms with van der Waals surface area (Å²) in [6, 6.07) is 7.13. The third kappa shape index (κ3) is 3.34. The molecule has 0 bridgehead atoms. The Labute approximate surface area is 147 Å². The molecule has 1 aliphatic heterocycles. The molecular weight excluding hydrogens is 346 g/mol. The summed E-state index contributed by atoms with van der Waals surface area (Å²) < 4.78 is 6.13. The van der Waals surface area contributed by atoms with E-state index >= 15 is 0 Å². The molecule has 1 N–H and O–H groups in total. The number of hydrogen-bond acceptors (Lipinski definition) is 7. The van der Waals surface area contributed by atoms with E-state index in [-0.39, 0.29) is 0 Å². The van der Waals surface area contributed by atoms with Crippen LogP contribution >= 0.6 is 23.1 Å². The van der Waals surface area contributed by atoms with E-state index in [9.17, 15) is 9.59 Å². The molecule has 24 heavy (non-hydrogen) atoms. The molecular formula is C16H15N3O3S2. The Hall–Kier alpha value is -2.19. The van der Waals surface area contributed by atoms with Crippen molar-refractivity contribution in [2.45, 2.75) is 23.3 Å². The maximum Gasteiger partial charge on any atom is 0.339 e. The SMILES string of the molecule is C=CCSc1nnc(NC(=O)C2(C)Cc3ccccc3C(=O)O2)s1. The summed E-state index contributed by atoms with van der Waals surface area (Å²) in [5, 5.41) is 11.0. The highest BCUT2D eigenvalue weighted by Gasteiger charge is 2.42. The summed E-state index contributed by atoms with van der Waals surface area (Å²) in [6.45, 7) is 5.25. The summed E-state index contributed by atoms with van der Waals surface area (Å²) >= 11 is 2.76. The third-order valence-corrected chi connectivity index (χ3v) is 5.48. The van der Waals surface area contributed by atoms with Crippen LogP contribution in [-0.4, -0.2) is 33.4 Å². The standard InChI is InChI=1S/C16H15N3O3S2/c1-3-8-23-15-19-18-14(24-15)17-13(21)16(2)9-10-6-4-5-7-11(10)12(20)22-16/h3-7H,1,8-9H2,2H3,(H,17,18,21). The quantitative estimate of drug-likeness (QED) is 0.382. The fraction of sp³-hybridized carbons (Fsp3) is 0.250. The van der Waals surface area contributed by atoms with E-state index < -0.39 is 17.5 Å². The van der Waals surface area contributed by atoms with Gasteiger partial charge < -0.3 is 4.74 Å². The minimum absolute atomic E-state index is 0.317. The molecule has 0 radical (unpaired) electrons. The van der Waals surface area contributed by atoms with Gasteiger partial charge in [0.2, 0.25) is 5.13 Å². The molecule has 0 saturated carbocycles. The Kier molecular flexibility index (Phi) is 4.68. The third-order valence-electron chi connectivity index (χ3n) is 3.51. The lowest BCUT2D eigenvalue weighted by Crippen LogP contribution is -2.48. The van der Waals surface area contributed by atoms with E-state index in [2.05, 4.69) is 22.1 Å². The van der Waals surface area contributed by atoms with Crippen molar-refractivity contribution < 1.29 is 14.3 Å². The topological polar surface area (TPSA) is 81.2 Å². The molecule has 2 heterocycles. The van der Waals surface area contributed by atoms with Crippen molar-refractivity contribution in [1.29, 1.82) is 0 Å². The van der Waals surface area contributed by atoms with Gasteiger partial charge in [-0.1, -0.05) is 47.4 Å². The predicted molar refractivity (Wildman–Crippen MR) is 93.4 cm³/mol. The summed E-state index contributed by atoms with van der Waals surface area (Å²) in [5.41, 5.74) is 0.0265. The zero-order valence-corrected chi connectivity index (χ0v) is 14.6. The smallest absolute Gasteiger partial charge is 0.339 e. The molecule has 8 heteroatoms. The lowest BCUT2D eigenvalue weighted by molar-refractivity contribution is -0.134. The molecule has 1 aliphatic rings. The molecule has 0 aliphatic carbocycles. The van der Waals surface area contributed by atoms with Gasteiger partial charge in [-0.25, -0.2) is 4.79 Å². The van der Waals surface area contributed by atoms with Crippen molar-refractivity contribution in [2.24, 2.45) is 0 Å². The number of amides is 1. The lowest BCUT2D eigenvalue weighted by Gasteiger charge is -2.32. The molecule has 1 aromatic heterocycles. The lowest BCUT2D eigenvalue weighted by atomic mass is 9.89. The van der Waals surface area contributed by atoms with Crippen LogP contribution in [0.5, 0.6) is 0 Å². The van der Waals surface area contributed by atoms with Gasteiger partial charge in [-0.3, -0.25) is 10.1 Å². The van der Waals surface area contributed by atoms with E-state index in [0.29, 0.717) is 22.9 Å². The summed E-state index contributed by atoms with van der Waals surface area (Å²) in [5.74, 6) is -0.190. The maximum atomic E-state index is 12.6. The first kappa shape index (κ1) is 16.7. The number of hydrogen-bond donors (Lipinski definition) is 1. The molecule has 6 nitrogen and oxygen atoms in total. The van der Waals surface area contributed by atoms with Gasteiger partial charge in [0.25, 0.3) is 5.91 Å². The fourth-order valence-electron chi connectivity index (χ4n) is 2.34. The van der Waals surface area contributed by atoms with Crippen molar-refractivity contribution in [3.8, 4) is 0 Å². The van der Waals surface area contributed by atoms with Crippen LogP contribution in [0.25, 0.3) is 0 Å². The summed E-state index contributed by atoms with van der Waals surface area (Å²) in [7, 11) is 0. The molecule has 0 spiro atoms. The second-order valence-electron chi connectivity index (χ2n) is 5.38. The number of cyclic esters (lactones) is 1. The van der Waals surface area contributed by atoms with Crippen molar-refractivity contribution in [1.82, 2.24) is 10.2 Å². The molecule has 1 aromatic carbocycles. The number of thioether (sulfide) groups is 1. The van der Waals surface area contributed by atoms with E-state index in [1.165, 1.54) is 23.1 Å². The van der Waals surface area contributed by atoms with Gasteiger partial charge in [0.05, 0.1) is 5.56 Å². The fourth-order valence-corrected chi connectivity index (χ4v) is 3.85. The molecule has 124 valence electrons. The Morgan fingerprint density at radius 3 is 3.08 bits per heavy atom. The number of aromatic nitrogens is 2. The van der Waals surface area contributed by atoms with Gasteiger partial charge in [0, 0.05) is 12.2 Å². The van der Waals surface area contributed by atoms with Crippen LogP contribution in [-0.2, 0) is 16.0 Å². The van der Waals surface area contributed by atoms with E-state index in [4.69, 9.17) is 4.74 Å². The monoisotopic (exact) mass is 361 g/mol. The van der Waals surface area contributed by atoms with E-state index in [1.54, 1.807) is 25.1 Å². The Morgan fingerprint density at radius 1 is 1.50 bits per heavy atom. The largest absolute Gasteiger partial charge is 0.445 e. The molecule has 0 fully saturated rings. The minimum Gasteiger partial charge on any atom is -0.445 e. The van der Waals surface area contributed by atoms with Crippen LogP contribution in [0.3, 0.4) is 0 Å². The zero-order valence-electron chi connectivity index (χ0n) is 12.9. The van der Waals surface area contributed by atoms with Crippen LogP contribution in [0, 0.1) is 0 Å². The van der Waals surface area contributed by atoms with Gasteiger partial charge >= 0.3 is 5.97 Å². The van der Waals surface area contributed by atoms with E-state index in [1.807, 2.05) is 12.1 Å². The number of nitrogens with one attached hydrogen (secondary N) is 1. The molecule has 3 rings (SSSR count). The number of benzene rings is 1. The minimum atomic E-state index is -1.27. The summed E-state index contributed by atoms with van der Waals surface area (Å²) in [4.78, 5) is 24.7. The molecule has 1 atom stereocenters. The van der Waals surface area contributed by atoms with Crippen molar-refractivity contribution >= 4 is 40.1 Å². The van der Waals surface area contributed by atoms with Crippen LogP contribution in [0.15, 0.2) is 41.3 Å². The van der Waals surface area contributed by atoms with Crippen LogP contribution in [0.2, 0.25) is 0 Å². The second kappa shape index (κ2) is 6.74. The number of fused-ring (bicyclic) bond motifs is 1. The van der Waals surface area contributed by atoms with Gasteiger partial charge in [-0.15, -0.1) is 16.8 Å². The molecule has 1 unspecified atom stereocenters. The normalized spacial score (nSPS) is 19.3. The number of esters is 1. The average molecular weight is 361 g/mol. The van der Waals surface area contributed by atoms with Crippen LogP contribution in [0.1, 0.15) is 22.8 Å². The predicted octanol–water partition coefficient (Wildman–Crippen LogP) is 2.93. The Balaban J connectivity index is 1.74. The van der Waals surface area contributed by atoms with Crippen molar-refractivity contribution in [2.75, 3.05) is 11.1 Å². The van der Waals surface area contributed by atoms with Gasteiger partial charge in [-0.2, -0.15) is 0 Å². The first-order valence-corrected chi connectivity index (χ1v) is 9.02. The Bertz CT molecular complexity index is 805. The van der Waals surface area contributed by atoms with Crippen molar-refractivity contribution in [3.05, 3.63) is 48.0 Å². The number of ether oxygens (including phenoxy) is 1. The van der Waals surface area contributed by atoms with Crippen molar-refractivity contribution in [3.63, 3.8) is 0 Å². The number of carbonyl (C=O) groups is 2. The maximum absolute atomic E-state index is 12.6. The first-order valence-electron chi connectivity index (χ1n) is 7.22. The highest BCUT2D eigenvalue weighted by Crippen LogP contribution is 2.30. The highest BCUT2D eigenvalue weighted by molar-refractivity contribution is 8.01. The van der Waals surface area contributed by atoms with E-state index in [0.717, 1.165) is 9.90 Å². The highest BCUT2D eigenvalue weighted by atomic mass is 32.2. The van der Waals surface area contributed by atoms with Gasteiger partial charge in [0.15, 0.2) is 9.94 Å². The van der Waals surface area contributed by atoms with Crippen LogP contribution in [0.4, 0.5) is 5.13 Å². The molecule has 2 aromatic rings. The van der Waals surface area contributed by atoms with Gasteiger partial charge in [0.1, 0.15) is 0 Å².